The molecule has 0 aliphatic rings. The van der Waals surface area contributed by atoms with Crippen molar-refractivity contribution in [1.29, 1.82) is 0 Å². The number of hydrogen-bond acceptors (Lipinski definition) is 6. The van der Waals surface area contributed by atoms with Crippen LogP contribution in [-0.4, -0.2) is 29.6 Å². The molecule has 0 bridgehead atoms. The molecule has 26 heavy (non-hydrogen) atoms. The zero-order valence-electron chi connectivity index (χ0n) is 13.8. The standard InChI is InChI=1S/C15H16Cl2N2O5S2/c1-3-19-26(22,23)12-6-7-13(25(2,20)21)15(14(12)18)24-11-5-4-9(16)8-10(11)17/h4-8,19H,3,18H2,1-2H3. The van der Waals surface area contributed by atoms with Gasteiger partial charge in [0.25, 0.3) is 0 Å². The third kappa shape index (κ3) is 4.41. The summed E-state index contributed by atoms with van der Waals surface area (Å²) >= 11 is 11.9. The van der Waals surface area contributed by atoms with E-state index in [2.05, 4.69) is 4.72 Å². The normalized spacial score (nSPS) is 12.2. The lowest BCUT2D eigenvalue weighted by atomic mass is 10.3. The van der Waals surface area contributed by atoms with Crippen molar-refractivity contribution < 1.29 is 21.6 Å². The van der Waals surface area contributed by atoms with E-state index in [1.807, 2.05) is 0 Å². The molecule has 0 radical (unpaired) electrons. The van der Waals surface area contributed by atoms with E-state index in [-0.39, 0.29) is 38.5 Å². The number of ether oxygens (including phenoxy) is 1. The first-order chi connectivity index (χ1) is 12.0. The summed E-state index contributed by atoms with van der Waals surface area (Å²) in [5.74, 6) is -0.249. The number of nitrogens with two attached hydrogens (primary N) is 1. The second-order valence-electron chi connectivity index (χ2n) is 5.25. The molecule has 11 heteroatoms. The summed E-state index contributed by atoms with van der Waals surface area (Å²) in [4.78, 5) is -0.566. The zero-order valence-corrected chi connectivity index (χ0v) is 16.9. The fraction of sp³-hybridized carbons (Fsp3) is 0.200. The average molecular weight is 439 g/mol. The molecule has 0 unspecified atom stereocenters. The summed E-state index contributed by atoms with van der Waals surface area (Å²) in [5, 5.41) is 0.457. The predicted octanol–water partition coefficient (Wildman–Crippen LogP) is 3.07. The Hall–Kier alpha value is -1.52. The summed E-state index contributed by atoms with van der Waals surface area (Å²) in [7, 11) is -7.70. The molecular weight excluding hydrogens is 423 g/mol. The van der Waals surface area contributed by atoms with Gasteiger partial charge < -0.3 is 10.5 Å². The molecule has 0 saturated heterocycles. The lowest BCUT2D eigenvalue weighted by molar-refractivity contribution is 0.468. The highest BCUT2D eigenvalue weighted by Gasteiger charge is 2.26. The molecule has 0 aliphatic carbocycles. The Bertz CT molecular complexity index is 1050. The van der Waals surface area contributed by atoms with Crippen molar-refractivity contribution >= 4 is 48.7 Å². The number of sulfone groups is 1. The van der Waals surface area contributed by atoms with Crippen LogP contribution in [0.4, 0.5) is 5.69 Å². The summed E-state index contributed by atoms with van der Waals surface area (Å²) in [6, 6.07) is 6.53. The maximum atomic E-state index is 12.3. The van der Waals surface area contributed by atoms with Crippen LogP contribution in [-0.2, 0) is 19.9 Å². The lowest BCUT2D eigenvalue weighted by Gasteiger charge is -2.16. The van der Waals surface area contributed by atoms with Gasteiger partial charge in [0.05, 0.1) is 10.7 Å². The molecule has 3 N–H and O–H groups in total. The Morgan fingerprint density at radius 3 is 2.23 bits per heavy atom. The first kappa shape index (κ1) is 20.8. The molecule has 0 fully saturated rings. The number of rotatable bonds is 6. The first-order valence-electron chi connectivity index (χ1n) is 7.22. The minimum atomic E-state index is -3.94. The molecule has 142 valence electrons. The van der Waals surface area contributed by atoms with Crippen molar-refractivity contribution in [3.63, 3.8) is 0 Å². The van der Waals surface area contributed by atoms with Crippen LogP contribution in [0, 0.1) is 0 Å². The zero-order chi connectivity index (χ0) is 19.7. The smallest absolute Gasteiger partial charge is 0.242 e. The van der Waals surface area contributed by atoms with Gasteiger partial charge >= 0.3 is 0 Å². The topological polar surface area (TPSA) is 116 Å². The van der Waals surface area contributed by atoms with Gasteiger partial charge in [-0.25, -0.2) is 21.6 Å². The number of benzene rings is 2. The number of nitrogens with one attached hydrogen (secondary N) is 1. The van der Waals surface area contributed by atoms with Gasteiger partial charge in [0, 0.05) is 17.8 Å². The van der Waals surface area contributed by atoms with Gasteiger partial charge in [-0.15, -0.1) is 0 Å². The van der Waals surface area contributed by atoms with Crippen LogP contribution in [0.3, 0.4) is 0 Å². The van der Waals surface area contributed by atoms with E-state index in [0.29, 0.717) is 5.02 Å². The van der Waals surface area contributed by atoms with E-state index < -0.39 is 19.9 Å². The van der Waals surface area contributed by atoms with Crippen LogP contribution >= 0.6 is 23.2 Å². The highest BCUT2D eigenvalue weighted by Crippen LogP contribution is 2.40. The van der Waals surface area contributed by atoms with Crippen LogP contribution in [0.5, 0.6) is 11.5 Å². The Morgan fingerprint density at radius 1 is 1.08 bits per heavy atom. The largest absolute Gasteiger partial charge is 0.452 e. The van der Waals surface area contributed by atoms with Gasteiger partial charge in [0.1, 0.15) is 15.5 Å². The fourth-order valence-corrected chi connectivity index (χ4v) is 4.54. The van der Waals surface area contributed by atoms with E-state index in [9.17, 15) is 16.8 Å². The first-order valence-corrected chi connectivity index (χ1v) is 11.4. The van der Waals surface area contributed by atoms with E-state index in [1.54, 1.807) is 6.92 Å². The molecule has 0 spiro atoms. The second-order valence-corrected chi connectivity index (χ2v) is 9.82. The van der Waals surface area contributed by atoms with Crippen LogP contribution in [0.15, 0.2) is 40.1 Å². The molecule has 0 heterocycles. The van der Waals surface area contributed by atoms with Crippen molar-refractivity contribution in [3.05, 3.63) is 40.4 Å². The van der Waals surface area contributed by atoms with Crippen molar-refractivity contribution in [1.82, 2.24) is 4.72 Å². The van der Waals surface area contributed by atoms with Gasteiger partial charge in [0.15, 0.2) is 15.6 Å². The van der Waals surface area contributed by atoms with E-state index in [0.717, 1.165) is 18.4 Å². The SMILES string of the molecule is CCNS(=O)(=O)c1ccc(S(C)(=O)=O)c(Oc2ccc(Cl)cc2Cl)c1N. The summed E-state index contributed by atoms with van der Waals surface area (Å²) in [6.07, 6.45) is 0.955. The van der Waals surface area contributed by atoms with E-state index in [4.69, 9.17) is 33.7 Å². The molecule has 2 aromatic rings. The van der Waals surface area contributed by atoms with E-state index >= 15 is 0 Å². The highest BCUT2D eigenvalue weighted by molar-refractivity contribution is 7.91. The monoisotopic (exact) mass is 438 g/mol. The van der Waals surface area contributed by atoms with Crippen molar-refractivity contribution in [2.24, 2.45) is 0 Å². The molecule has 0 aliphatic heterocycles. The van der Waals surface area contributed by atoms with Crippen molar-refractivity contribution in [2.75, 3.05) is 18.5 Å². The predicted molar refractivity (Wildman–Crippen MR) is 101 cm³/mol. The third-order valence-corrected chi connectivity index (χ3v) is 6.50. The number of nitrogen functional groups attached to an aromatic ring is 1. The molecule has 7 nitrogen and oxygen atoms in total. The average Bonchev–Trinajstić information content (AvgIpc) is 2.50. The minimum absolute atomic E-state index is 0.0747. The Labute approximate surface area is 162 Å². The number of halogens is 2. The molecule has 0 amide bonds. The van der Waals surface area contributed by atoms with Crippen LogP contribution < -0.4 is 15.2 Å². The fourth-order valence-electron chi connectivity index (χ4n) is 2.13. The van der Waals surface area contributed by atoms with Crippen LogP contribution in [0.25, 0.3) is 0 Å². The van der Waals surface area contributed by atoms with Gasteiger partial charge in [0.2, 0.25) is 10.0 Å². The summed E-state index contributed by atoms with van der Waals surface area (Å²) < 4.78 is 56.6. The van der Waals surface area contributed by atoms with Gasteiger partial charge in [-0.05, 0) is 30.3 Å². The van der Waals surface area contributed by atoms with E-state index in [1.165, 1.54) is 18.2 Å². The third-order valence-electron chi connectivity index (χ3n) is 3.25. The molecule has 0 atom stereocenters. The van der Waals surface area contributed by atoms with Crippen LogP contribution in [0.1, 0.15) is 6.92 Å². The Balaban J connectivity index is 2.71. The molecule has 0 saturated carbocycles. The van der Waals surface area contributed by atoms with Gasteiger partial charge in [-0.2, -0.15) is 0 Å². The van der Waals surface area contributed by atoms with Crippen molar-refractivity contribution in [3.8, 4) is 11.5 Å². The highest BCUT2D eigenvalue weighted by atomic mass is 35.5. The molecule has 0 aromatic heterocycles. The Kier molecular flexibility index (Phi) is 6.09. The number of sulfonamides is 1. The lowest BCUT2D eigenvalue weighted by Crippen LogP contribution is -2.24. The van der Waals surface area contributed by atoms with Crippen molar-refractivity contribution in [2.45, 2.75) is 16.7 Å². The number of hydrogen-bond donors (Lipinski definition) is 2. The molecule has 2 aromatic carbocycles. The van der Waals surface area contributed by atoms with Gasteiger partial charge in [-0.1, -0.05) is 30.1 Å². The maximum Gasteiger partial charge on any atom is 0.242 e. The Morgan fingerprint density at radius 2 is 1.69 bits per heavy atom. The number of anilines is 1. The maximum absolute atomic E-state index is 12.3. The van der Waals surface area contributed by atoms with Gasteiger partial charge in [-0.3, -0.25) is 0 Å². The summed E-state index contributed by atoms with van der Waals surface area (Å²) in [5.41, 5.74) is 5.60. The molecular formula is C15H16Cl2N2O5S2. The van der Waals surface area contributed by atoms with Crippen LogP contribution in [0.2, 0.25) is 10.0 Å². The summed E-state index contributed by atoms with van der Waals surface area (Å²) in [6.45, 7) is 1.73. The molecule has 2 rings (SSSR count). The quantitative estimate of drug-likeness (QED) is 0.669. The minimum Gasteiger partial charge on any atom is -0.452 e. The second kappa shape index (κ2) is 7.61.